The Morgan fingerprint density at radius 2 is 1.86 bits per heavy atom. The number of ether oxygens (including phenoxy) is 4. The maximum Gasteiger partial charge on any atom is 0.511 e. The van der Waals surface area contributed by atoms with Crippen LogP contribution in [-0.4, -0.2) is 96.6 Å². The Balaban J connectivity index is 2.17. The summed E-state index contributed by atoms with van der Waals surface area (Å²) in [6, 6.07) is -1.06. The molecule has 0 aromatic heterocycles. The van der Waals surface area contributed by atoms with Crippen LogP contribution in [0.2, 0.25) is 0 Å². The smallest absolute Gasteiger partial charge is 0.431 e. The Morgan fingerprint density at radius 1 is 1.17 bits per heavy atom. The van der Waals surface area contributed by atoms with Gasteiger partial charge in [0.05, 0.1) is 18.6 Å². The van der Waals surface area contributed by atoms with Gasteiger partial charge in [-0.25, -0.2) is 9.59 Å². The maximum absolute atomic E-state index is 12.9. The molecule has 2 rings (SSSR count). The molecule has 0 radical (unpaired) electrons. The topological polar surface area (TPSA) is 159 Å². The summed E-state index contributed by atoms with van der Waals surface area (Å²) >= 11 is 6.76. The van der Waals surface area contributed by atoms with Gasteiger partial charge in [-0.1, -0.05) is 5.16 Å². The Labute approximate surface area is 210 Å². The van der Waals surface area contributed by atoms with E-state index in [1.54, 1.807) is 13.8 Å². The second-order valence-corrected chi connectivity index (χ2v) is 8.81. The summed E-state index contributed by atoms with van der Waals surface area (Å²) in [4.78, 5) is 67.5. The van der Waals surface area contributed by atoms with E-state index in [4.69, 9.17) is 30.5 Å². The van der Waals surface area contributed by atoms with Gasteiger partial charge in [0.25, 0.3) is 11.8 Å². The molecule has 2 aliphatic heterocycles. The van der Waals surface area contributed by atoms with Crippen LogP contribution in [-0.2, 0) is 43.0 Å². The van der Waals surface area contributed by atoms with Gasteiger partial charge in [0.1, 0.15) is 24.2 Å². The van der Waals surface area contributed by atoms with Crippen molar-refractivity contribution in [3.8, 4) is 0 Å². The highest BCUT2D eigenvalue weighted by Gasteiger charge is 2.55. The Kier molecular flexibility index (Phi) is 10.3. The first-order chi connectivity index (χ1) is 16.5. The quantitative estimate of drug-likeness (QED) is 0.0748. The first-order valence-corrected chi connectivity index (χ1v) is 11.9. The number of β-lactam (4-membered cyclic amide) rings is 1. The molecule has 194 valence electrons. The number of nitrogens with zero attached hydrogens (tertiary/aromatic N) is 2. The number of hydrogen-bond acceptors (Lipinski definition) is 12. The number of ketones is 1. The summed E-state index contributed by atoms with van der Waals surface area (Å²) in [6.45, 7) is 4.60. The van der Waals surface area contributed by atoms with Gasteiger partial charge < -0.3 is 29.1 Å². The van der Waals surface area contributed by atoms with E-state index in [9.17, 15) is 24.0 Å². The number of carbonyl (C=O) groups is 5. The highest BCUT2D eigenvalue weighted by Crippen LogP contribution is 2.40. The minimum Gasteiger partial charge on any atom is -0.431 e. The molecule has 0 saturated carbocycles. The average Bonchev–Trinajstić information content (AvgIpc) is 2.79. The first-order valence-electron chi connectivity index (χ1n) is 10.3. The minimum absolute atomic E-state index is 0.0322. The van der Waals surface area contributed by atoms with Crippen LogP contribution in [0.15, 0.2) is 16.4 Å². The molecule has 13 nitrogen and oxygen atoms in total. The van der Waals surface area contributed by atoms with Gasteiger partial charge in [0, 0.05) is 19.8 Å². The van der Waals surface area contributed by atoms with Crippen LogP contribution >= 0.6 is 23.4 Å². The highest BCUT2D eigenvalue weighted by molar-refractivity contribution is 8.00. The number of thioether (sulfide) groups is 1. The number of esters is 1. The molecule has 2 aliphatic rings. The van der Waals surface area contributed by atoms with Gasteiger partial charge in [-0.3, -0.25) is 19.3 Å². The lowest BCUT2D eigenvalue weighted by atomic mass is 10.0. The lowest BCUT2D eigenvalue weighted by molar-refractivity contribution is -0.169. The molecule has 0 spiro atoms. The van der Waals surface area contributed by atoms with Crippen molar-refractivity contribution in [1.29, 1.82) is 0 Å². The third-order valence-corrected chi connectivity index (χ3v) is 6.08. The van der Waals surface area contributed by atoms with Crippen LogP contribution < -0.4 is 5.32 Å². The van der Waals surface area contributed by atoms with Crippen molar-refractivity contribution >= 4 is 58.8 Å². The highest BCUT2D eigenvalue weighted by atomic mass is 35.5. The molecular formula is C20H26ClN3O10S. The predicted molar refractivity (Wildman–Crippen MR) is 122 cm³/mol. The summed E-state index contributed by atoms with van der Waals surface area (Å²) in [5.41, 5.74) is -0.210. The molecular weight excluding hydrogens is 510 g/mol. The Bertz CT molecular complexity index is 938. The summed E-state index contributed by atoms with van der Waals surface area (Å²) in [5.74, 6) is -3.52. The average molecular weight is 536 g/mol. The molecule has 3 unspecified atom stereocenters. The number of methoxy groups -OCH3 is 1. The molecule has 2 heterocycles. The van der Waals surface area contributed by atoms with E-state index >= 15 is 0 Å². The lowest BCUT2D eigenvalue weighted by Crippen LogP contribution is -2.71. The molecule has 0 aromatic rings. The number of hydrogen-bond donors (Lipinski definition) is 1. The van der Waals surface area contributed by atoms with Crippen molar-refractivity contribution in [3.05, 3.63) is 11.3 Å². The van der Waals surface area contributed by atoms with E-state index in [1.165, 1.54) is 25.8 Å². The SMILES string of the molecule is COCC1=C(C(=O)OC(C)OC(=O)OC(C)C)N2C(=O)C(NC(=O)/C(=N\OC)C(=O)CCl)C2SC1. The second kappa shape index (κ2) is 12.7. The predicted octanol–water partition coefficient (Wildman–Crippen LogP) is 0.548. The van der Waals surface area contributed by atoms with Crippen molar-refractivity contribution < 1.29 is 47.8 Å². The van der Waals surface area contributed by atoms with Crippen LogP contribution in [0.1, 0.15) is 20.8 Å². The van der Waals surface area contributed by atoms with Gasteiger partial charge in [0.15, 0.2) is 0 Å². The molecule has 0 bridgehead atoms. The third kappa shape index (κ3) is 6.86. The number of carbonyl (C=O) groups excluding carboxylic acids is 5. The zero-order valence-electron chi connectivity index (χ0n) is 19.7. The Morgan fingerprint density at radius 3 is 2.43 bits per heavy atom. The monoisotopic (exact) mass is 535 g/mol. The van der Waals surface area contributed by atoms with Gasteiger partial charge in [-0.05, 0) is 19.4 Å². The van der Waals surface area contributed by atoms with Crippen LogP contribution in [0.4, 0.5) is 4.79 Å². The molecule has 0 aromatic carbocycles. The number of alkyl halides is 1. The van der Waals surface area contributed by atoms with Crippen molar-refractivity contribution in [1.82, 2.24) is 10.2 Å². The van der Waals surface area contributed by atoms with Crippen LogP contribution in [0.3, 0.4) is 0 Å². The number of nitrogens with one attached hydrogen (secondary N) is 1. The molecule has 15 heteroatoms. The van der Waals surface area contributed by atoms with E-state index in [0.29, 0.717) is 5.57 Å². The fourth-order valence-electron chi connectivity index (χ4n) is 3.13. The van der Waals surface area contributed by atoms with Crippen molar-refractivity contribution in [2.45, 2.75) is 44.6 Å². The third-order valence-electron chi connectivity index (χ3n) is 4.50. The fourth-order valence-corrected chi connectivity index (χ4v) is 4.58. The van der Waals surface area contributed by atoms with E-state index < -0.39 is 65.1 Å². The number of halogens is 1. The summed E-state index contributed by atoms with van der Waals surface area (Å²) < 4.78 is 20.1. The largest absolute Gasteiger partial charge is 0.511 e. The standard InChI is InChI=1S/C20H26ClN3O10S/c1-9(2)32-20(29)34-10(3)33-19(28)15-11(7-30-4)8-35-18-14(17(27)24(15)18)22-16(26)13(23-31-5)12(25)6-21/h9-10,14,18H,6-8H2,1-5H3,(H,22,26)/b23-13-. The second-order valence-electron chi connectivity index (χ2n) is 7.43. The number of rotatable bonds is 11. The van der Waals surface area contributed by atoms with Gasteiger partial charge >= 0.3 is 12.1 Å². The van der Waals surface area contributed by atoms with Crippen molar-refractivity contribution in [3.63, 3.8) is 0 Å². The van der Waals surface area contributed by atoms with Crippen LogP contribution in [0.5, 0.6) is 0 Å². The maximum atomic E-state index is 12.9. The lowest BCUT2D eigenvalue weighted by Gasteiger charge is -2.49. The first kappa shape index (κ1) is 28.4. The van der Waals surface area contributed by atoms with Gasteiger partial charge in [0.2, 0.25) is 17.8 Å². The molecule has 1 fully saturated rings. The molecule has 2 amide bonds. The van der Waals surface area contributed by atoms with Crippen molar-refractivity contribution in [2.75, 3.05) is 32.5 Å². The number of amides is 2. The minimum atomic E-state index is -1.31. The van der Waals surface area contributed by atoms with Crippen LogP contribution in [0.25, 0.3) is 0 Å². The van der Waals surface area contributed by atoms with E-state index in [2.05, 4.69) is 15.3 Å². The summed E-state index contributed by atoms with van der Waals surface area (Å²) in [6.07, 6.45) is -2.76. The van der Waals surface area contributed by atoms with Crippen LogP contribution in [0, 0.1) is 0 Å². The van der Waals surface area contributed by atoms with E-state index in [-0.39, 0.29) is 18.1 Å². The van der Waals surface area contributed by atoms with E-state index in [1.807, 2.05) is 0 Å². The Hall–Kier alpha value is -2.84. The fraction of sp³-hybridized carbons (Fsp3) is 0.600. The molecule has 35 heavy (non-hydrogen) atoms. The zero-order chi connectivity index (χ0) is 26.3. The summed E-state index contributed by atoms with van der Waals surface area (Å²) in [5, 5.41) is 5.13. The van der Waals surface area contributed by atoms with Crippen molar-refractivity contribution in [2.24, 2.45) is 5.16 Å². The van der Waals surface area contributed by atoms with E-state index in [0.717, 1.165) is 12.0 Å². The zero-order valence-corrected chi connectivity index (χ0v) is 21.3. The number of Topliss-reactive ketones (excluding diaryl/α,β-unsaturated/α-hetero) is 1. The molecule has 0 aliphatic carbocycles. The molecule has 1 saturated heterocycles. The molecule has 1 N–H and O–H groups in total. The number of oxime groups is 1. The number of fused-ring (bicyclic) bond motifs is 1. The molecule has 3 atom stereocenters. The van der Waals surface area contributed by atoms with Gasteiger partial charge in [-0.15, -0.1) is 23.4 Å². The summed E-state index contributed by atoms with van der Waals surface area (Å²) in [7, 11) is 2.57. The van der Waals surface area contributed by atoms with Gasteiger partial charge in [-0.2, -0.15) is 0 Å². The normalized spacial score (nSPS) is 20.5.